The number of rotatable bonds is 3. The Morgan fingerprint density at radius 3 is 2.33 bits per heavy atom. The molecular weight excluding hydrogens is 177 g/mol. The minimum Gasteiger partial charge on any atom is -0.469 e. The third kappa shape index (κ3) is 3.36. The van der Waals surface area contributed by atoms with E-state index in [0.717, 1.165) is 7.11 Å². The maximum absolute atomic E-state index is 11.8. The first kappa shape index (κ1) is 10.9. The van der Waals surface area contributed by atoms with E-state index in [1.54, 1.807) is 0 Å². The van der Waals surface area contributed by atoms with Crippen molar-refractivity contribution in [1.82, 2.24) is 0 Å². The zero-order chi connectivity index (χ0) is 9.78. The van der Waals surface area contributed by atoms with Gasteiger partial charge in [0.05, 0.1) is 13.5 Å². The molecule has 0 aliphatic heterocycles. The Balaban J connectivity index is 4.19. The molecule has 12 heavy (non-hydrogen) atoms. The molecule has 0 amide bonds. The third-order valence-corrected chi connectivity index (χ3v) is 1.20. The first-order valence-corrected chi connectivity index (χ1v) is 3.00. The smallest absolute Gasteiger partial charge is 0.398 e. The van der Waals surface area contributed by atoms with Crippen LogP contribution < -0.4 is 0 Å². The molecule has 70 valence electrons. The van der Waals surface area contributed by atoms with E-state index in [1.165, 1.54) is 0 Å². The van der Waals surface area contributed by atoms with Gasteiger partial charge in [-0.1, -0.05) is 0 Å². The van der Waals surface area contributed by atoms with Gasteiger partial charge in [0.1, 0.15) is 12.2 Å². The van der Waals surface area contributed by atoms with Crippen LogP contribution in [0, 0.1) is 5.92 Å². The Bertz CT molecular complexity index is 175. The van der Waals surface area contributed by atoms with Crippen LogP contribution in [0.4, 0.5) is 13.2 Å². The highest BCUT2D eigenvalue weighted by molar-refractivity contribution is 5.74. The van der Waals surface area contributed by atoms with E-state index in [9.17, 15) is 22.8 Å². The summed E-state index contributed by atoms with van der Waals surface area (Å²) in [6.45, 7) is 0. The molecule has 6 heteroatoms. The SMILES string of the molecule is COC(=O)CC(C=O)C(F)(F)F. The van der Waals surface area contributed by atoms with E-state index in [4.69, 9.17) is 0 Å². The van der Waals surface area contributed by atoms with Crippen LogP contribution in [0.15, 0.2) is 0 Å². The van der Waals surface area contributed by atoms with Crippen LogP contribution in [0.3, 0.4) is 0 Å². The lowest BCUT2D eigenvalue weighted by molar-refractivity contribution is -0.182. The fourth-order valence-corrected chi connectivity index (χ4v) is 0.504. The van der Waals surface area contributed by atoms with Crippen LogP contribution in [-0.4, -0.2) is 25.5 Å². The second-order valence-electron chi connectivity index (χ2n) is 2.06. The molecule has 0 aromatic carbocycles. The fraction of sp³-hybridized carbons (Fsp3) is 0.667. The highest BCUT2D eigenvalue weighted by atomic mass is 19.4. The van der Waals surface area contributed by atoms with Gasteiger partial charge < -0.3 is 9.53 Å². The molecule has 1 unspecified atom stereocenters. The van der Waals surface area contributed by atoms with Crippen LogP contribution >= 0.6 is 0 Å². The van der Waals surface area contributed by atoms with Crippen molar-refractivity contribution in [2.45, 2.75) is 12.6 Å². The molecule has 0 aromatic rings. The predicted octanol–water partition coefficient (Wildman–Crippen LogP) is 0.927. The van der Waals surface area contributed by atoms with Crippen molar-refractivity contribution in [2.75, 3.05) is 7.11 Å². The number of alkyl halides is 3. The van der Waals surface area contributed by atoms with Gasteiger partial charge >= 0.3 is 12.1 Å². The molecule has 0 fully saturated rings. The maximum Gasteiger partial charge on any atom is 0.398 e. The van der Waals surface area contributed by atoms with Crippen molar-refractivity contribution in [1.29, 1.82) is 0 Å². The van der Waals surface area contributed by atoms with Gasteiger partial charge in [-0.2, -0.15) is 13.2 Å². The molecule has 0 aliphatic carbocycles. The number of hydrogen-bond donors (Lipinski definition) is 0. The molecule has 3 nitrogen and oxygen atoms in total. The fourth-order valence-electron chi connectivity index (χ4n) is 0.504. The summed E-state index contributed by atoms with van der Waals surface area (Å²) in [5.74, 6) is -3.31. The third-order valence-electron chi connectivity index (χ3n) is 1.20. The number of hydrogen-bond acceptors (Lipinski definition) is 3. The van der Waals surface area contributed by atoms with Gasteiger partial charge in [0.15, 0.2) is 0 Å². The Morgan fingerprint density at radius 2 is 2.08 bits per heavy atom. The number of esters is 1. The summed E-state index contributed by atoms with van der Waals surface area (Å²) in [5, 5.41) is 0. The zero-order valence-corrected chi connectivity index (χ0v) is 6.22. The lowest BCUT2D eigenvalue weighted by atomic mass is 10.1. The quantitative estimate of drug-likeness (QED) is 0.484. The van der Waals surface area contributed by atoms with Gasteiger partial charge in [-0.15, -0.1) is 0 Å². The first-order valence-electron chi connectivity index (χ1n) is 3.00. The lowest BCUT2D eigenvalue weighted by Gasteiger charge is -2.12. The van der Waals surface area contributed by atoms with Gasteiger partial charge in [-0.3, -0.25) is 4.79 Å². The molecule has 0 rings (SSSR count). The van der Waals surface area contributed by atoms with E-state index in [0.29, 0.717) is 0 Å². The Hall–Kier alpha value is -1.07. The van der Waals surface area contributed by atoms with Gasteiger partial charge in [-0.05, 0) is 0 Å². The average molecular weight is 184 g/mol. The number of halogens is 3. The molecular formula is C6H7F3O3. The van der Waals surface area contributed by atoms with Crippen molar-refractivity contribution >= 4 is 12.3 Å². The van der Waals surface area contributed by atoms with Crippen LogP contribution in [0.25, 0.3) is 0 Å². The topological polar surface area (TPSA) is 43.4 Å². The molecule has 0 aromatic heterocycles. The average Bonchev–Trinajstić information content (AvgIpc) is 1.97. The number of carbonyl (C=O) groups excluding carboxylic acids is 2. The summed E-state index contributed by atoms with van der Waals surface area (Å²) in [6.07, 6.45) is -5.93. The molecule has 0 spiro atoms. The van der Waals surface area contributed by atoms with E-state index >= 15 is 0 Å². The molecule has 0 saturated heterocycles. The summed E-state index contributed by atoms with van der Waals surface area (Å²) in [4.78, 5) is 20.2. The lowest BCUT2D eigenvalue weighted by Crippen LogP contribution is -2.27. The largest absolute Gasteiger partial charge is 0.469 e. The Labute approximate surface area is 66.5 Å². The van der Waals surface area contributed by atoms with Crippen molar-refractivity contribution < 1.29 is 27.5 Å². The number of carbonyl (C=O) groups is 2. The zero-order valence-electron chi connectivity index (χ0n) is 6.22. The van der Waals surface area contributed by atoms with E-state index in [1.807, 2.05) is 0 Å². The minimum absolute atomic E-state index is 0.309. The molecule has 0 aliphatic rings. The van der Waals surface area contributed by atoms with Crippen LogP contribution in [-0.2, 0) is 14.3 Å². The first-order chi connectivity index (χ1) is 5.41. The highest BCUT2D eigenvalue weighted by Gasteiger charge is 2.40. The van der Waals surface area contributed by atoms with Crippen molar-refractivity contribution in [3.05, 3.63) is 0 Å². The molecule has 0 heterocycles. The van der Waals surface area contributed by atoms with Crippen LogP contribution in [0.1, 0.15) is 6.42 Å². The predicted molar refractivity (Wildman–Crippen MR) is 32.2 cm³/mol. The van der Waals surface area contributed by atoms with Crippen LogP contribution in [0.5, 0.6) is 0 Å². The summed E-state index contributed by atoms with van der Waals surface area (Å²) >= 11 is 0. The molecule has 0 radical (unpaired) electrons. The second-order valence-corrected chi connectivity index (χ2v) is 2.06. The maximum atomic E-state index is 11.8. The standard InChI is InChI=1S/C6H7F3O3/c1-12-5(11)2-4(3-10)6(7,8)9/h3-4H,2H2,1H3. The van der Waals surface area contributed by atoms with Crippen LogP contribution in [0.2, 0.25) is 0 Å². The Kier molecular flexibility index (Phi) is 3.72. The summed E-state index contributed by atoms with van der Waals surface area (Å²) in [7, 11) is 0.959. The minimum atomic E-state index is -4.67. The molecule has 0 N–H and O–H groups in total. The van der Waals surface area contributed by atoms with Crippen molar-refractivity contribution in [3.8, 4) is 0 Å². The monoisotopic (exact) mass is 184 g/mol. The number of methoxy groups -OCH3 is 1. The number of ether oxygens (including phenoxy) is 1. The molecule has 1 atom stereocenters. The van der Waals surface area contributed by atoms with Gasteiger partial charge in [0.25, 0.3) is 0 Å². The second kappa shape index (κ2) is 4.08. The molecule has 0 saturated carbocycles. The van der Waals surface area contributed by atoms with Gasteiger partial charge in [0.2, 0.25) is 0 Å². The van der Waals surface area contributed by atoms with Crippen molar-refractivity contribution in [2.24, 2.45) is 5.92 Å². The molecule has 0 bridgehead atoms. The van der Waals surface area contributed by atoms with E-state index in [2.05, 4.69) is 4.74 Å². The van der Waals surface area contributed by atoms with Crippen molar-refractivity contribution in [3.63, 3.8) is 0 Å². The van der Waals surface area contributed by atoms with Gasteiger partial charge in [-0.25, -0.2) is 0 Å². The normalized spacial score (nSPS) is 13.7. The summed E-state index contributed by atoms with van der Waals surface area (Å²) < 4.78 is 39.3. The van der Waals surface area contributed by atoms with Gasteiger partial charge in [0, 0.05) is 0 Å². The highest BCUT2D eigenvalue weighted by Crippen LogP contribution is 2.27. The Morgan fingerprint density at radius 1 is 1.58 bits per heavy atom. The van der Waals surface area contributed by atoms with E-state index in [-0.39, 0.29) is 6.29 Å². The van der Waals surface area contributed by atoms with E-state index < -0.39 is 24.5 Å². The summed E-state index contributed by atoms with van der Waals surface area (Å²) in [6, 6.07) is 0. The summed E-state index contributed by atoms with van der Waals surface area (Å²) in [5.41, 5.74) is 0. The number of aldehydes is 1.